The Morgan fingerprint density at radius 1 is 1.22 bits per heavy atom. The summed E-state index contributed by atoms with van der Waals surface area (Å²) in [5, 5.41) is 3.52. The topological polar surface area (TPSA) is 18.5 Å². The fourth-order valence-corrected chi connectivity index (χ4v) is 3.50. The lowest BCUT2D eigenvalue weighted by molar-refractivity contribution is 0.0419. The molecular weight excluding hydrogens is 222 g/mol. The largest absolute Gasteiger partial charge is 0.315 e. The molecule has 3 atom stereocenters. The molecule has 3 heteroatoms. The predicted molar refractivity (Wildman–Crippen MR) is 78.0 cm³/mol. The normalized spacial score (nSPS) is 29.8. The zero-order valence-electron chi connectivity index (χ0n) is 12.5. The highest BCUT2D eigenvalue weighted by atomic mass is 15.3. The maximum Gasteiger partial charge on any atom is 0.0223 e. The Bertz CT molecular complexity index is 244. The van der Waals surface area contributed by atoms with E-state index in [0.29, 0.717) is 6.04 Å². The van der Waals surface area contributed by atoms with Gasteiger partial charge in [0.05, 0.1) is 0 Å². The summed E-state index contributed by atoms with van der Waals surface area (Å²) in [6, 6.07) is 1.51. The van der Waals surface area contributed by atoms with Gasteiger partial charge in [0, 0.05) is 38.3 Å². The van der Waals surface area contributed by atoms with Gasteiger partial charge in [0.15, 0.2) is 0 Å². The van der Waals surface area contributed by atoms with Gasteiger partial charge in [-0.1, -0.05) is 26.7 Å². The van der Waals surface area contributed by atoms with Crippen LogP contribution >= 0.6 is 0 Å². The molecule has 0 radical (unpaired) electrons. The second-order valence-corrected chi connectivity index (χ2v) is 6.23. The number of nitrogens with one attached hydrogen (secondary N) is 1. The molecule has 0 aromatic rings. The number of hydrogen-bond donors (Lipinski definition) is 1. The first-order valence-corrected chi connectivity index (χ1v) is 7.88. The van der Waals surface area contributed by atoms with E-state index in [2.05, 4.69) is 36.0 Å². The zero-order chi connectivity index (χ0) is 13.0. The van der Waals surface area contributed by atoms with E-state index in [1.54, 1.807) is 0 Å². The molecule has 0 aliphatic carbocycles. The number of likely N-dealkylation sites (N-methyl/N-ethyl adjacent to an activating group) is 1. The van der Waals surface area contributed by atoms with E-state index in [1.807, 2.05) is 0 Å². The van der Waals surface area contributed by atoms with Crippen molar-refractivity contribution in [1.82, 2.24) is 15.1 Å². The van der Waals surface area contributed by atoms with Gasteiger partial charge < -0.3 is 5.32 Å². The zero-order valence-corrected chi connectivity index (χ0v) is 12.5. The predicted octanol–water partition coefficient (Wildman–Crippen LogP) is 1.79. The van der Waals surface area contributed by atoms with Crippen LogP contribution in [0.3, 0.4) is 0 Å². The van der Waals surface area contributed by atoms with Crippen LogP contribution in [0.4, 0.5) is 0 Å². The van der Waals surface area contributed by atoms with Crippen molar-refractivity contribution in [3.05, 3.63) is 0 Å². The van der Waals surface area contributed by atoms with E-state index in [9.17, 15) is 0 Å². The molecule has 0 aromatic carbocycles. The number of piperidine rings is 1. The molecule has 2 rings (SSSR count). The van der Waals surface area contributed by atoms with E-state index in [-0.39, 0.29) is 0 Å². The average Bonchev–Trinajstić information content (AvgIpc) is 2.43. The minimum absolute atomic E-state index is 0.658. The first-order chi connectivity index (χ1) is 8.74. The Morgan fingerprint density at radius 3 is 2.78 bits per heavy atom. The Morgan fingerprint density at radius 2 is 2.06 bits per heavy atom. The van der Waals surface area contributed by atoms with Gasteiger partial charge in [0.25, 0.3) is 0 Å². The first-order valence-electron chi connectivity index (χ1n) is 7.88. The van der Waals surface area contributed by atoms with E-state index < -0.39 is 0 Å². The van der Waals surface area contributed by atoms with E-state index in [1.165, 1.54) is 58.4 Å². The fourth-order valence-electron chi connectivity index (χ4n) is 3.50. The lowest BCUT2D eigenvalue weighted by Gasteiger charge is -2.45. The van der Waals surface area contributed by atoms with Gasteiger partial charge in [-0.05, 0) is 32.4 Å². The van der Waals surface area contributed by atoms with Crippen LogP contribution in [-0.4, -0.2) is 61.7 Å². The van der Waals surface area contributed by atoms with Gasteiger partial charge in [0.2, 0.25) is 0 Å². The summed E-state index contributed by atoms with van der Waals surface area (Å²) in [5.74, 6) is 0.777. The lowest BCUT2D eigenvalue weighted by Crippen LogP contribution is -2.57. The molecule has 2 heterocycles. The summed E-state index contributed by atoms with van der Waals surface area (Å²) in [5.41, 5.74) is 0. The summed E-state index contributed by atoms with van der Waals surface area (Å²) in [6.45, 7) is 11.1. The molecule has 0 spiro atoms. The van der Waals surface area contributed by atoms with E-state index in [0.717, 1.165) is 12.0 Å². The van der Waals surface area contributed by atoms with Crippen molar-refractivity contribution in [3.63, 3.8) is 0 Å². The highest BCUT2D eigenvalue weighted by molar-refractivity contribution is 4.87. The van der Waals surface area contributed by atoms with Crippen molar-refractivity contribution >= 4 is 0 Å². The Balaban J connectivity index is 1.83. The summed E-state index contributed by atoms with van der Waals surface area (Å²) in [7, 11) is 2.12. The van der Waals surface area contributed by atoms with Crippen LogP contribution in [0.5, 0.6) is 0 Å². The molecule has 2 fully saturated rings. The molecule has 3 nitrogen and oxygen atoms in total. The van der Waals surface area contributed by atoms with Gasteiger partial charge in [-0.3, -0.25) is 9.80 Å². The van der Waals surface area contributed by atoms with Crippen molar-refractivity contribution in [3.8, 4) is 0 Å². The Labute approximate surface area is 113 Å². The molecule has 0 bridgehead atoms. The minimum Gasteiger partial charge on any atom is -0.315 e. The number of nitrogens with zero attached hydrogens (tertiary/aromatic N) is 2. The molecule has 0 amide bonds. The monoisotopic (exact) mass is 253 g/mol. The van der Waals surface area contributed by atoms with Gasteiger partial charge in [0.1, 0.15) is 0 Å². The molecular formula is C15H31N3. The number of fused-ring (bicyclic) bond motifs is 1. The van der Waals surface area contributed by atoms with Crippen LogP contribution in [0.25, 0.3) is 0 Å². The smallest absolute Gasteiger partial charge is 0.0223 e. The van der Waals surface area contributed by atoms with Crippen LogP contribution in [0.2, 0.25) is 0 Å². The third kappa shape index (κ3) is 3.46. The molecule has 0 saturated carbocycles. The van der Waals surface area contributed by atoms with E-state index >= 15 is 0 Å². The SMILES string of the molecule is CCC(C)C(CN1CCN2CCCCC2C1)NC. The Hall–Kier alpha value is -0.120. The highest BCUT2D eigenvalue weighted by Gasteiger charge is 2.30. The summed E-state index contributed by atoms with van der Waals surface area (Å²) < 4.78 is 0. The molecule has 1 N–H and O–H groups in total. The molecule has 2 aliphatic rings. The molecule has 2 aliphatic heterocycles. The summed E-state index contributed by atoms with van der Waals surface area (Å²) in [6.07, 6.45) is 5.55. The quantitative estimate of drug-likeness (QED) is 0.806. The summed E-state index contributed by atoms with van der Waals surface area (Å²) >= 11 is 0. The molecule has 0 aromatic heterocycles. The van der Waals surface area contributed by atoms with Crippen LogP contribution in [0.15, 0.2) is 0 Å². The van der Waals surface area contributed by atoms with Crippen LogP contribution in [0.1, 0.15) is 39.5 Å². The van der Waals surface area contributed by atoms with Crippen LogP contribution in [-0.2, 0) is 0 Å². The second kappa shape index (κ2) is 6.88. The van der Waals surface area contributed by atoms with Gasteiger partial charge in [-0.15, -0.1) is 0 Å². The maximum atomic E-state index is 3.52. The molecule has 2 saturated heterocycles. The van der Waals surface area contributed by atoms with Gasteiger partial charge in [-0.2, -0.15) is 0 Å². The highest BCUT2D eigenvalue weighted by Crippen LogP contribution is 2.21. The first kappa shape index (κ1) is 14.3. The Kier molecular flexibility index (Phi) is 5.46. The summed E-state index contributed by atoms with van der Waals surface area (Å²) in [4.78, 5) is 5.41. The van der Waals surface area contributed by atoms with E-state index in [4.69, 9.17) is 0 Å². The molecule has 106 valence electrons. The third-order valence-electron chi connectivity index (χ3n) is 5.08. The number of hydrogen-bond acceptors (Lipinski definition) is 3. The van der Waals surface area contributed by atoms with Gasteiger partial charge >= 0.3 is 0 Å². The third-order valence-corrected chi connectivity index (χ3v) is 5.08. The number of rotatable bonds is 5. The molecule has 18 heavy (non-hydrogen) atoms. The van der Waals surface area contributed by atoms with Crippen molar-refractivity contribution in [2.45, 2.75) is 51.6 Å². The van der Waals surface area contributed by atoms with Gasteiger partial charge in [-0.25, -0.2) is 0 Å². The lowest BCUT2D eigenvalue weighted by atomic mass is 9.96. The van der Waals surface area contributed by atoms with Crippen LogP contribution in [0, 0.1) is 5.92 Å². The average molecular weight is 253 g/mol. The standard InChI is InChI=1S/C15H31N3/c1-4-13(2)15(16-3)12-17-9-10-18-8-6-5-7-14(18)11-17/h13-16H,4-12H2,1-3H3. The maximum absolute atomic E-state index is 3.52. The van der Waals surface area contributed by atoms with Crippen molar-refractivity contribution in [2.24, 2.45) is 5.92 Å². The second-order valence-electron chi connectivity index (χ2n) is 6.23. The van der Waals surface area contributed by atoms with Crippen LogP contribution < -0.4 is 5.32 Å². The van der Waals surface area contributed by atoms with Crippen molar-refractivity contribution < 1.29 is 0 Å². The fraction of sp³-hybridized carbons (Fsp3) is 1.00. The van der Waals surface area contributed by atoms with Crippen molar-refractivity contribution in [1.29, 1.82) is 0 Å². The number of piperazine rings is 1. The minimum atomic E-state index is 0.658. The molecule has 3 unspecified atom stereocenters. The van der Waals surface area contributed by atoms with Crippen molar-refractivity contribution in [2.75, 3.05) is 39.8 Å².